The number of hydrogen-bond acceptors (Lipinski definition) is 5. The van der Waals surface area contributed by atoms with Crippen LogP contribution in [0.4, 0.5) is 10.6 Å². The van der Waals surface area contributed by atoms with Crippen molar-refractivity contribution in [2.75, 3.05) is 4.90 Å². The number of H-pyrrole nitrogens is 1. The molecular formula is C13H16N6O2. The first-order valence-electron chi connectivity index (χ1n) is 7.14. The van der Waals surface area contributed by atoms with Crippen molar-refractivity contribution in [3.8, 4) is 0 Å². The molecule has 2 aliphatic heterocycles. The van der Waals surface area contributed by atoms with Crippen LogP contribution < -0.4 is 10.2 Å². The summed E-state index contributed by atoms with van der Waals surface area (Å²) < 4.78 is 0. The van der Waals surface area contributed by atoms with Crippen molar-refractivity contribution in [3.05, 3.63) is 12.4 Å². The largest absolute Gasteiger partial charge is 0.465 e. The number of nitrogens with one attached hydrogen (secondary N) is 2. The Balaban J connectivity index is 1.60. The highest BCUT2D eigenvalue weighted by Crippen LogP contribution is 2.38. The lowest BCUT2D eigenvalue weighted by Gasteiger charge is -2.39. The Morgan fingerprint density at radius 1 is 1.33 bits per heavy atom. The van der Waals surface area contributed by atoms with E-state index < -0.39 is 6.09 Å². The molecule has 4 heterocycles. The average molecular weight is 288 g/mol. The number of carbonyl (C=O) groups is 1. The monoisotopic (exact) mass is 288 g/mol. The van der Waals surface area contributed by atoms with Crippen LogP contribution in [0.1, 0.15) is 25.7 Å². The van der Waals surface area contributed by atoms with Gasteiger partial charge in [0, 0.05) is 18.1 Å². The number of rotatable bonds is 2. The minimum atomic E-state index is -0.938. The molecule has 0 aliphatic carbocycles. The van der Waals surface area contributed by atoms with Crippen molar-refractivity contribution in [1.29, 1.82) is 0 Å². The summed E-state index contributed by atoms with van der Waals surface area (Å²) in [7, 11) is 0. The molecule has 21 heavy (non-hydrogen) atoms. The maximum atomic E-state index is 10.8. The zero-order chi connectivity index (χ0) is 14.4. The number of piperidine rings is 1. The van der Waals surface area contributed by atoms with Gasteiger partial charge in [0.05, 0.1) is 12.4 Å². The van der Waals surface area contributed by atoms with Gasteiger partial charge in [-0.2, -0.15) is 5.10 Å². The Morgan fingerprint density at radius 3 is 2.81 bits per heavy atom. The van der Waals surface area contributed by atoms with Gasteiger partial charge in [0.2, 0.25) is 0 Å². The standard InChI is InChI=1S/C13H16N6O2/c20-13(21)16-7-3-8-1-2-9(4-7)19(8)11-6-14-10-5-15-18-12(10)17-11/h5-9,16H,1-4H2,(H,20,21)(H,15,17,18)/t7-,8-,9+. The third-order valence-corrected chi connectivity index (χ3v) is 4.47. The molecule has 2 bridgehead atoms. The van der Waals surface area contributed by atoms with Crippen LogP contribution in [0.15, 0.2) is 12.4 Å². The van der Waals surface area contributed by atoms with Gasteiger partial charge in [-0.3, -0.25) is 5.10 Å². The molecule has 0 aromatic carbocycles. The molecule has 2 fully saturated rings. The molecule has 2 aromatic heterocycles. The predicted molar refractivity (Wildman–Crippen MR) is 75.2 cm³/mol. The number of aromatic amines is 1. The minimum Gasteiger partial charge on any atom is -0.465 e. The molecule has 4 rings (SSSR count). The number of amides is 1. The average Bonchev–Trinajstić information content (AvgIpc) is 3.00. The van der Waals surface area contributed by atoms with E-state index in [4.69, 9.17) is 5.11 Å². The van der Waals surface area contributed by atoms with Crippen LogP contribution in [0.3, 0.4) is 0 Å². The van der Waals surface area contributed by atoms with Crippen molar-refractivity contribution in [3.63, 3.8) is 0 Å². The number of fused-ring (bicyclic) bond motifs is 3. The lowest BCUT2D eigenvalue weighted by atomic mass is 9.97. The highest BCUT2D eigenvalue weighted by atomic mass is 16.4. The van der Waals surface area contributed by atoms with Crippen LogP contribution in [-0.4, -0.2) is 49.5 Å². The topological polar surface area (TPSA) is 107 Å². The second-order valence-corrected chi connectivity index (χ2v) is 5.74. The molecule has 0 saturated carbocycles. The van der Waals surface area contributed by atoms with Crippen molar-refractivity contribution >= 4 is 23.1 Å². The highest BCUT2D eigenvalue weighted by molar-refractivity contribution is 5.70. The normalized spacial score (nSPS) is 28.0. The van der Waals surface area contributed by atoms with E-state index in [-0.39, 0.29) is 6.04 Å². The van der Waals surface area contributed by atoms with E-state index >= 15 is 0 Å². The van der Waals surface area contributed by atoms with E-state index in [9.17, 15) is 4.79 Å². The van der Waals surface area contributed by atoms with Crippen LogP contribution >= 0.6 is 0 Å². The van der Waals surface area contributed by atoms with Gasteiger partial charge in [0.25, 0.3) is 0 Å². The maximum absolute atomic E-state index is 10.8. The van der Waals surface area contributed by atoms with Gasteiger partial charge in [-0.15, -0.1) is 0 Å². The number of anilines is 1. The van der Waals surface area contributed by atoms with Gasteiger partial charge < -0.3 is 15.3 Å². The zero-order valence-electron chi connectivity index (χ0n) is 11.4. The zero-order valence-corrected chi connectivity index (χ0v) is 11.4. The van der Waals surface area contributed by atoms with Gasteiger partial charge in [-0.25, -0.2) is 14.8 Å². The van der Waals surface area contributed by atoms with E-state index in [2.05, 4.69) is 30.4 Å². The van der Waals surface area contributed by atoms with Crippen molar-refractivity contribution in [2.45, 2.75) is 43.8 Å². The summed E-state index contributed by atoms with van der Waals surface area (Å²) in [4.78, 5) is 22.1. The maximum Gasteiger partial charge on any atom is 0.404 e. The van der Waals surface area contributed by atoms with Crippen LogP contribution in [0, 0.1) is 0 Å². The Kier molecular flexibility index (Phi) is 2.69. The summed E-state index contributed by atoms with van der Waals surface area (Å²) in [5, 5.41) is 18.3. The summed E-state index contributed by atoms with van der Waals surface area (Å²) in [5.41, 5.74) is 1.45. The predicted octanol–water partition coefficient (Wildman–Crippen LogP) is 1.12. The van der Waals surface area contributed by atoms with E-state index in [1.54, 1.807) is 12.4 Å². The summed E-state index contributed by atoms with van der Waals surface area (Å²) >= 11 is 0. The molecule has 8 heteroatoms. The number of aromatic nitrogens is 4. The number of carboxylic acid groups (broad SMARTS) is 1. The van der Waals surface area contributed by atoms with Gasteiger partial charge in [0.1, 0.15) is 11.3 Å². The van der Waals surface area contributed by atoms with E-state index in [1.165, 1.54) is 0 Å². The van der Waals surface area contributed by atoms with Gasteiger partial charge in [0.15, 0.2) is 5.65 Å². The summed E-state index contributed by atoms with van der Waals surface area (Å²) in [6, 6.07) is 0.700. The van der Waals surface area contributed by atoms with Gasteiger partial charge >= 0.3 is 6.09 Å². The first kappa shape index (κ1) is 12.4. The first-order valence-corrected chi connectivity index (χ1v) is 7.14. The fourth-order valence-corrected chi connectivity index (χ4v) is 3.69. The van der Waals surface area contributed by atoms with E-state index in [0.717, 1.165) is 37.0 Å². The molecule has 3 N–H and O–H groups in total. The number of nitrogens with zero attached hydrogens (tertiary/aromatic N) is 4. The lowest BCUT2D eigenvalue weighted by Crippen LogP contribution is -2.50. The molecule has 3 atom stereocenters. The van der Waals surface area contributed by atoms with Crippen LogP contribution in [-0.2, 0) is 0 Å². The van der Waals surface area contributed by atoms with Crippen LogP contribution in [0.25, 0.3) is 11.2 Å². The summed E-state index contributed by atoms with van der Waals surface area (Å²) in [6.45, 7) is 0. The summed E-state index contributed by atoms with van der Waals surface area (Å²) in [6.07, 6.45) is 6.30. The Morgan fingerprint density at radius 2 is 2.10 bits per heavy atom. The number of hydrogen-bond donors (Lipinski definition) is 3. The molecule has 0 radical (unpaired) electrons. The van der Waals surface area contributed by atoms with Crippen molar-refractivity contribution < 1.29 is 9.90 Å². The Hall–Kier alpha value is -2.38. The third-order valence-electron chi connectivity index (χ3n) is 4.47. The van der Waals surface area contributed by atoms with Gasteiger partial charge in [-0.1, -0.05) is 0 Å². The summed E-state index contributed by atoms with van der Waals surface area (Å²) in [5.74, 6) is 0.855. The second-order valence-electron chi connectivity index (χ2n) is 5.74. The van der Waals surface area contributed by atoms with Gasteiger partial charge in [-0.05, 0) is 25.7 Å². The smallest absolute Gasteiger partial charge is 0.404 e. The van der Waals surface area contributed by atoms with Crippen LogP contribution in [0.5, 0.6) is 0 Å². The molecule has 2 aliphatic rings. The first-order chi connectivity index (χ1) is 10.2. The van der Waals surface area contributed by atoms with Crippen molar-refractivity contribution in [2.24, 2.45) is 0 Å². The quantitative estimate of drug-likeness (QED) is 0.764. The highest BCUT2D eigenvalue weighted by Gasteiger charge is 2.42. The van der Waals surface area contributed by atoms with E-state index in [1.807, 2.05) is 0 Å². The molecule has 1 amide bonds. The molecule has 2 aromatic rings. The second kappa shape index (κ2) is 4.57. The molecule has 2 saturated heterocycles. The fourth-order valence-electron chi connectivity index (χ4n) is 3.69. The molecule has 110 valence electrons. The molecule has 0 spiro atoms. The molecular weight excluding hydrogens is 272 g/mol. The molecule has 8 nitrogen and oxygen atoms in total. The van der Waals surface area contributed by atoms with Crippen molar-refractivity contribution in [1.82, 2.24) is 25.5 Å². The fraction of sp³-hybridized carbons (Fsp3) is 0.538. The Labute approximate surface area is 120 Å². The Bertz CT molecular complexity index is 672. The third kappa shape index (κ3) is 2.07. The molecule has 0 unspecified atom stereocenters. The lowest BCUT2D eigenvalue weighted by molar-refractivity contribution is 0.185. The minimum absolute atomic E-state index is 0.0418. The van der Waals surface area contributed by atoms with E-state index in [0.29, 0.717) is 17.7 Å². The van der Waals surface area contributed by atoms with Crippen LogP contribution in [0.2, 0.25) is 0 Å². The SMILES string of the molecule is O=C(O)N[C@@H]1C[C@H]2CC[C@@H](C1)N2c1cnc2cn[nH]c2n1.